The molecule has 1 heterocycles. The highest BCUT2D eigenvalue weighted by atomic mass is 16.5. The van der Waals surface area contributed by atoms with E-state index in [4.69, 9.17) is 9.78 Å². The third-order valence-electron chi connectivity index (χ3n) is 3.19. The number of hydrogen-bond acceptors (Lipinski definition) is 4. The van der Waals surface area contributed by atoms with Gasteiger partial charge in [0.05, 0.1) is 17.9 Å². The minimum absolute atomic E-state index is 0.0953. The lowest BCUT2D eigenvalue weighted by molar-refractivity contribution is 0.356. The molecule has 0 N–H and O–H groups in total. The summed E-state index contributed by atoms with van der Waals surface area (Å²) in [5, 5.41) is 12.4. The molecular weight excluding hydrogens is 214 g/mol. The molecule has 1 aliphatic carbocycles. The molecule has 0 aliphatic heterocycles. The van der Waals surface area contributed by atoms with E-state index in [2.05, 4.69) is 22.3 Å². The number of rotatable bonds is 3. The molecule has 0 unspecified atom stereocenters. The summed E-state index contributed by atoms with van der Waals surface area (Å²) in [6.45, 7) is 0. The lowest BCUT2D eigenvalue weighted by Gasteiger charge is -2.09. The molecule has 1 saturated carbocycles. The van der Waals surface area contributed by atoms with Gasteiger partial charge in [-0.15, -0.1) is 0 Å². The first-order valence-corrected chi connectivity index (χ1v) is 5.61. The minimum atomic E-state index is -0.0953. The van der Waals surface area contributed by atoms with Crippen molar-refractivity contribution in [2.75, 3.05) is 0 Å². The van der Waals surface area contributed by atoms with Crippen LogP contribution in [0.2, 0.25) is 0 Å². The highest BCUT2D eigenvalue weighted by Crippen LogP contribution is 2.52. The van der Waals surface area contributed by atoms with Gasteiger partial charge in [-0.2, -0.15) is 10.2 Å². The Balaban J connectivity index is 1.96. The second-order valence-corrected chi connectivity index (χ2v) is 4.30. The maximum absolute atomic E-state index is 8.59. The molecular formula is C13H11N3O. The SMILES string of the molecule is N#CCc1noc(C2(c3ccccc3)CC2)n1. The van der Waals surface area contributed by atoms with Crippen molar-refractivity contribution in [1.82, 2.24) is 10.1 Å². The van der Waals surface area contributed by atoms with E-state index < -0.39 is 0 Å². The molecule has 0 bridgehead atoms. The Morgan fingerprint density at radius 3 is 2.71 bits per heavy atom. The Kier molecular flexibility index (Phi) is 2.19. The maximum atomic E-state index is 8.59. The van der Waals surface area contributed by atoms with Gasteiger partial charge in [-0.1, -0.05) is 35.5 Å². The highest BCUT2D eigenvalue weighted by Gasteiger charge is 2.50. The normalized spacial score (nSPS) is 16.4. The highest BCUT2D eigenvalue weighted by molar-refractivity contribution is 5.38. The largest absolute Gasteiger partial charge is 0.338 e. The molecule has 84 valence electrons. The van der Waals surface area contributed by atoms with Crippen molar-refractivity contribution in [1.29, 1.82) is 5.26 Å². The number of nitrogens with zero attached hydrogens (tertiary/aromatic N) is 3. The molecule has 1 aliphatic rings. The quantitative estimate of drug-likeness (QED) is 0.803. The van der Waals surface area contributed by atoms with Crippen molar-refractivity contribution in [3.05, 3.63) is 47.6 Å². The van der Waals surface area contributed by atoms with Crippen LogP contribution < -0.4 is 0 Å². The number of nitriles is 1. The van der Waals surface area contributed by atoms with Crippen LogP contribution in [0.3, 0.4) is 0 Å². The smallest absolute Gasteiger partial charge is 0.237 e. The number of aromatic nitrogens is 2. The average Bonchev–Trinajstić information content (AvgIpc) is 3.06. The first kappa shape index (κ1) is 10.0. The van der Waals surface area contributed by atoms with Gasteiger partial charge >= 0.3 is 0 Å². The Bertz CT molecular complexity index is 564. The van der Waals surface area contributed by atoms with E-state index in [1.807, 2.05) is 24.3 Å². The molecule has 3 rings (SSSR count). The Labute approximate surface area is 98.9 Å². The molecule has 2 aromatic rings. The average molecular weight is 225 g/mol. The van der Waals surface area contributed by atoms with Gasteiger partial charge in [0.1, 0.15) is 0 Å². The monoisotopic (exact) mass is 225 g/mol. The van der Waals surface area contributed by atoms with Crippen molar-refractivity contribution in [3.8, 4) is 6.07 Å². The molecule has 0 radical (unpaired) electrons. The second-order valence-electron chi connectivity index (χ2n) is 4.30. The van der Waals surface area contributed by atoms with Crippen LogP contribution in [0.4, 0.5) is 0 Å². The molecule has 1 aromatic carbocycles. The van der Waals surface area contributed by atoms with E-state index >= 15 is 0 Å². The predicted octanol–water partition coefficient (Wildman–Crippen LogP) is 2.22. The van der Waals surface area contributed by atoms with Gasteiger partial charge in [-0.05, 0) is 18.4 Å². The summed E-state index contributed by atoms with van der Waals surface area (Å²) in [7, 11) is 0. The van der Waals surface area contributed by atoms with Crippen LogP contribution in [0.5, 0.6) is 0 Å². The zero-order chi connectivity index (χ0) is 11.7. The first-order chi connectivity index (χ1) is 8.35. The fourth-order valence-corrected chi connectivity index (χ4v) is 2.10. The summed E-state index contributed by atoms with van der Waals surface area (Å²) >= 11 is 0. The predicted molar refractivity (Wildman–Crippen MR) is 60.1 cm³/mol. The third-order valence-corrected chi connectivity index (χ3v) is 3.19. The molecule has 1 fully saturated rings. The third kappa shape index (κ3) is 1.60. The van der Waals surface area contributed by atoms with Crippen molar-refractivity contribution in [3.63, 3.8) is 0 Å². The topological polar surface area (TPSA) is 62.7 Å². The zero-order valence-corrected chi connectivity index (χ0v) is 9.26. The summed E-state index contributed by atoms with van der Waals surface area (Å²) in [5.41, 5.74) is 1.12. The zero-order valence-electron chi connectivity index (χ0n) is 9.26. The molecule has 1 aromatic heterocycles. The van der Waals surface area contributed by atoms with Crippen LogP contribution in [0.1, 0.15) is 30.1 Å². The van der Waals surface area contributed by atoms with Crippen molar-refractivity contribution in [2.24, 2.45) is 0 Å². The molecule has 4 nitrogen and oxygen atoms in total. The summed E-state index contributed by atoms with van der Waals surface area (Å²) in [6, 6.07) is 12.2. The van der Waals surface area contributed by atoms with Crippen LogP contribution in [0, 0.1) is 11.3 Å². The van der Waals surface area contributed by atoms with Gasteiger partial charge in [0.15, 0.2) is 5.82 Å². The standard InChI is InChI=1S/C13H11N3O/c14-9-6-11-15-12(17-16-11)13(7-8-13)10-4-2-1-3-5-10/h1-5H,6-8H2. The van der Waals surface area contributed by atoms with Crippen molar-refractivity contribution in [2.45, 2.75) is 24.7 Å². The Hall–Kier alpha value is -2.15. The molecule has 0 spiro atoms. The van der Waals surface area contributed by atoms with Gasteiger partial charge in [0, 0.05) is 0 Å². The molecule has 0 atom stereocenters. The van der Waals surface area contributed by atoms with Crippen molar-refractivity contribution < 1.29 is 4.52 Å². The summed E-state index contributed by atoms with van der Waals surface area (Å²) in [4.78, 5) is 4.31. The Morgan fingerprint density at radius 2 is 2.06 bits per heavy atom. The minimum Gasteiger partial charge on any atom is -0.338 e. The van der Waals surface area contributed by atoms with Gasteiger partial charge in [-0.25, -0.2) is 0 Å². The second kappa shape index (κ2) is 3.70. The van der Waals surface area contributed by atoms with E-state index in [-0.39, 0.29) is 11.8 Å². The Morgan fingerprint density at radius 1 is 1.29 bits per heavy atom. The molecule has 4 heteroatoms. The van der Waals surface area contributed by atoms with Crippen LogP contribution in [-0.2, 0) is 11.8 Å². The van der Waals surface area contributed by atoms with E-state index in [0.717, 1.165) is 12.8 Å². The maximum Gasteiger partial charge on any atom is 0.237 e. The van der Waals surface area contributed by atoms with Gasteiger partial charge < -0.3 is 4.52 Å². The number of hydrogen-bond donors (Lipinski definition) is 0. The van der Waals surface area contributed by atoms with Crippen LogP contribution in [-0.4, -0.2) is 10.1 Å². The van der Waals surface area contributed by atoms with Gasteiger partial charge in [0.25, 0.3) is 0 Å². The van der Waals surface area contributed by atoms with E-state index in [1.54, 1.807) is 0 Å². The van der Waals surface area contributed by atoms with Crippen LogP contribution in [0.25, 0.3) is 0 Å². The van der Waals surface area contributed by atoms with E-state index in [9.17, 15) is 0 Å². The molecule has 0 amide bonds. The fourth-order valence-electron chi connectivity index (χ4n) is 2.10. The van der Waals surface area contributed by atoms with Gasteiger partial charge in [-0.3, -0.25) is 0 Å². The van der Waals surface area contributed by atoms with E-state index in [0.29, 0.717) is 11.7 Å². The van der Waals surface area contributed by atoms with E-state index in [1.165, 1.54) is 5.56 Å². The van der Waals surface area contributed by atoms with Crippen LogP contribution >= 0.6 is 0 Å². The molecule has 17 heavy (non-hydrogen) atoms. The molecule has 0 saturated heterocycles. The summed E-state index contributed by atoms with van der Waals surface area (Å²) < 4.78 is 5.29. The summed E-state index contributed by atoms with van der Waals surface area (Å²) in [6.07, 6.45) is 2.27. The summed E-state index contributed by atoms with van der Waals surface area (Å²) in [5.74, 6) is 1.12. The fraction of sp³-hybridized carbons (Fsp3) is 0.308. The van der Waals surface area contributed by atoms with Gasteiger partial charge in [0.2, 0.25) is 5.89 Å². The lowest BCUT2D eigenvalue weighted by atomic mass is 9.96. The number of benzene rings is 1. The first-order valence-electron chi connectivity index (χ1n) is 5.61. The van der Waals surface area contributed by atoms with Crippen molar-refractivity contribution >= 4 is 0 Å². The van der Waals surface area contributed by atoms with Crippen LogP contribution in [0.15, 0.2) is 34.9 Å². The lowest BCUT2D eigenvalue weighted by Crippen LogP contribution is -2.08.